The molecule has 0 heterocycles. The van der Waals surface area contributed by atoms with Crippen LogP contribution in [0.5, 0.6) is 0 Å². The third-order valence-electron chi connectivity index (χ3n) is 6.82. The van der Waals surface area contributed by atoms with Crippen LogP contribution in [0.4, 0.5) is 0 Å². The molecule has 1 atom stereocenters. The molecule has 0 bridgehead atoms. The molecule has 2 aliphatic carbocycles. The van der Waals surface area contributed by atoms with Crippen LogP contribution in [0, 0.1) is 17.3 Å². The normalized spacial score (nSPS) is 21.4. The summed E-state index contributed by atoms with van der Waals surface area (Å²) < 4.78 is 0. The summed E-state index contributed by atoms with van der Waals surface area (Å²) in [7, 11) is 0. The van der Waals surface area contributed by atoms with Crippen molar-refractivity contribution in [2.24, 2.45) is 17.3 Å². The van der Waals surface area contributed by atoms with Crippen molar-refractivity contribution in [3.8, 4) is 0 Å². The molecule has 162 valence electrons. The Labute approximate surface area is 174 Å². The maximum atomic E-state index is 11.3. The van der Waals surface area contributed by atoms with Crippen molar-refractivity contribution in [3.05, 3.63) is 11.6 Å². The molecule has 0 N–H and O–H groups in total. The standard InChI is InChI=1S/C14H26O.C12H20O/c1-4-14(3,10-12(2)15)11-13-8-6-5-7-9-13;1-10(8-11(2)13)9-12-6-4-3-5-7-12/h13H,4-11H2,1-3H3;8,12H,3-7,9H2,1-2H3/b;10-8+/t14-;/m0./s1. The van der Waals surface area contributed by atoms with Gasteiger partial charge in [-0.25, -0.2) is 0 Å². The minimum absolute atomic E-state index is 0.188. The van der Waals surface area contributed by atoms with Gasteiger partial charge in [-0.05, 0) is 56.9 Å². The van der Waals surface area contributed by atoms with Crippen LogP contribution < -0.4 is 0 Å². The molecule has 2 rings (SSSR count). The van der Waals surface area contributed by atoms with Crippen molar-refractivity contribution in [1.82, 2.24) is 0 Å². The first-order valence-corrected chi connectivity index (χ1v) is 11.9. The summed E-state index contributed by atoms with van der Waals surface area (Å²) >= 11 is 0. The number of carbonyl (C=O) groups excluding carboxylic acids is 2. The molecule has 0 unspecified atom stereocenters. The van der Waals surface area contributed by atoms with Crippen molar-refractivity contribution in [2.75, 3.05) is 0 Å². The minimum Gasteiger partial charge on any atom is -0.300 e. The largest absolute Gasteiger partial charge is 0.300 e. The highest BCUT2D eigenvalue weighted by Crippen LogP contribution is 2.39. The van der Waals surface area contributed by atoms with Gasteiger partial charge in [0.2, 0.25) is 0 Å². The second kappa shape index (κ2) is 13.3. The Morgan fingerprint density at radius 3 is 1.79 bits per heavy atom. The van der Waals surface area contributed by atoms with Gasteiger partial charge in [-0.3, -0.25) is 4.79 Å². The molecule has 2 nitrogen and oxygen atoms in total. The van der Waals surface area contributed by atoms with Crippen molar-refractivity contribution >= 4 is 11.6 Å². The number of allylic oxidation sites excluding steroid dienone is 2. The number of ketones is 2. The second-order valence-electron chi connectivity index (χ2n) is 10.1. The molecule has 0 spiro atoms. The summed E-state index contributed by atoms with van der Waals surface area (Å²) in [5, 5.41) is 0. The zero-order chi connectivity index (χ0) is 21.0. The zero-order valence-electron chi connectivity index (χ0n) is 19.4. The first-order chi connectivity index (χ1) is 13.2. The van der Waals surface area contributed by atoms with Gasteiger partial charge in [0.25, 0.3) is 0 Å². The Morgan fingerprint density at radius 2 is 1.36 bits per heavy atom. The molecule has 2 fully saturated rings. The summed E-state index contributed by atoms with van der Waals surface area (Å²) in [6, 6.07) is 0. The monoisotopic (exact) mass is 390 g/mol. The van der Waals surface area contributed by atoms with E-state index in [-0.39, 0.29) is 11.2 Å². The molecule has 0 radical (unpaired) electrons. The van der Waals surface area contributed by atoms with E-state index in [1.54, 1.807) is 19.9 Å². The lowest BCUT2D eigenvalue weighted by atomic mass is 9.72. The van der Waals surface area contributed by atoms with Crippen molar-refractivity contribution in [3.63, 3.8) is 0 Å². The van der Waals surface area contributed by atoms with Crippen molar-refractivity contribution < 1.29 is 9.59 Å². The molecule has 0 aliphatic heterocycles. The third-order valence-corrected chi connectivity index (χ3v) is 6.82. The van der Waals surface area contributed by atoms with E-state index >= 15 is 0 Å². The van der Waals surface area contributed by atoms with Crippen molar-refractivity contribution in [1.29, 1.82) is 0 Å². The van der Waals surface area contributed by atoms with Gasteiger partial charge in [0.1, 0.15) is 5.78 Å². The second-order valence-corrected chi connectivity index (χ2v) is 10.1. The van der Waals surface area contributed by atoms with E-state index in [2.05, 4.69) is 20.8 Å². The van der Waals surface area contributed by atoms with Crippen LogP contribution in [-0.4, -0.2) is 11.6 Å². The lowest BCUT2D eigenvalue weighted by molar-refractivity contribution is -0.119. The molecule has 0 aromatic heterocycles. The first-order valence-electron chi connectivity index (χ1n) is 11.9. The average Bonchev–Trinajstić information content (AvgIpc) is 2.62. The summed E-state index contributed by atoms with van der Waals surface area (Å²) in [4.78, 5) is 22.1. The molecule has 0 aromatic rings. The van der Waals surface area contributed by atoms with E-state index in [0.717, 1.165) is 31.1 Å². The van der Waals surface area contributed by atoms with Crippen LogP contribution in [0.3, 0.4) is 0 Å². The van der Waals surface area contributed by atoms with Crippen LogP contribution in [0.15, 0.2) is 11.6 Å². The highest BCUT2D eigenvalue weighted by atomic mass is 16.1. The Balaban J connectivity index is 0.000000283. The maximum Gasteiger partial charge on any atom is 0.152 e. The molecular weight excluding hydrogens is 344 g/mol. The number of Topliss-reactive ketones (excluding diaryl/α,β-unsaturated/α-hetero) is 1. The zero-order valence-corrected chi connectivity index (χ0v) is 19.4. The van der Waals surface area contributed by atoms with E-state index in [1.165, 1.54) is 76.2 Å². The average molecular weight is 391 g/mol. The van der Waals surface area contributed by atoms with Gasteiger partial charge in [-0.15, -0.1) is 0 Å². The third kappa shape index (κ3) is 11.2. The van der Waals surface area contributed by atoms with Crippen LogP contribution in [0.2, 0.25) is 0 Å². The van der Waals surface area contributed by atoms with Crippen LogP contribution in [0.25, 0.3) is 0 Å². The predicted octanol–water partition coefficient (Wildman–Crippen LogP) is 7.84. The molecule has 2 heteroatoms. The summed E-state index contributed by atoms with van der Waals surface area (Å²) in [5.41, 5.74) is 1.54. The van der Waals surface area contributed by atoms with Gasteiger partial charge < -0.3 is 4.79 Å². The maximum absolute atomic E-state index is 11.3. The SMILES string of the molecule is CC(=O)/C=C(\C)CC1CCCCC1.CC[C@@](C)(CC(C)=O)CC1CCCCC1. The Bertz CT molecular complexity index is 493. The Morgan fingerprint density at radius 1 is 0.857 bits per heavy atom. The van der Waals surface area contributed by atoms with Gasteiger partial charge in [-0.2, -0.15) is 0 Å². The summed E-state index contributed by atoms with van der Waals surface area (Å²) in [5.74, 6) is 2.29. The fourth-order valence-electron chi connectivity index (χ4n) is 5.28. The van der Waals surface area contributed by atoms with E-state index in [0.29, 0.717) is 5.78 Å². The summed E-state index contributed by atoms with van der Waals surface area (Å²) in [6.07, 6.45) is 20.1. The van der Waals surface area contributed by atoms with E-state index in [4.69, 9.17) is 0 Å². The predicted molar refractivity (Wildman–Crippen MR) is 121 cm³/mol. The van der Waals surface area contributed by atoms with Gasteiger partial charge >= 0.3 is 0 Å². The fraction of sp³-hybridized carbons (Fsp3) is 0.846. The summed E-state index contributed by atoms with van der Waals surface area (Å²) in [6.45, 7) is 9.96. The molecule has 2 saturated carbocycles. The van der Waals surface area contributed by atoms with Gasteiger partial charge in [0.15, 0.2) is 5.78 Å². The highest BCUT2D eigenvalue weighted by molar-refractivity contribution is 5.87. The quantitative estimate of drug-likeness (QED) is 0.395. The molecule has 28 heavy (non-hydrogen) atoms. The smallest absolute Gasteiger partial charge is 0.152 e. The van der Waals surface area contributed by atoms with Gasteiger partial charge in [0, 0.05) is 6.42 Å². The lowest BCUT2D eigenvalue weighted by Crippen LogP contribution is -2.24. The molecular formula is C26H46O2. The number of hydrogen-bond donors (Lipinski definition) is 0. The first kappa shape index (κ1) is 25.1. The molecule has 0 saturated heterocycles. The van der Waals surface area contributed by atoms with Gasteiger partial charge in [0.05, 0.1) is 0 Å². The molecule has 0 amide bonds. The van der Waals surface area contributed by atoms with Crippen LogP contribution in [0.1, 0.15) is 125 Å². The molecule has 2 aliphatic rings. The Kier molecular flexibility index (Phi) is 12.0. The number of hydrogen-bond acceptors (Lipinski definition) is 2. The lowest BCUT2D eigenvalue weighted by Gasteiger charge is -2.33. The van der Waals surface area contributed by atoms with Crippen LogP contribution in [-0.2, 0) is 9.59 Å². The van der Waals surface area contributed by atoms with E-state index in [1.807, 2.05) is 0 Å². The van der Waals surface area contributed by atoms with Crippen LogP contribution >= 0.6 is 0 Å². The Hall–Kier alpha value is -0.920. The fourth-order valence-corrected chi connectivity index (χ4v) is 5.28. The highest BCUT2D eigenvalue weighted by Gasteiger charge is 2.28. The van der Waals surface area contributed by atoms with E-state index < -0.39 is 0 Å². The van der Waals surface area contributed by atoms with Crippen molar-refractivity contribution in [2.45, 2.75) is 125 Å². The minimum atomic E-state index is 0.188. The number of carbonyl (C=O) groups is 2. The van der Waals surface area contributed by atoms with E-state index in [9.17, 15) is 9.59 Å². The topological polar surface area (TPSA) is 34.1 Å². The number of rotatable bonds is 8. The molecule has 0 aromatic carbocycles. The van der Waals surface area contributed by atoms with Gasteiger partial charge in [-0.1, -0.05) is 90.0 Å².